The van der Waals surface area contributed by atoms with Crippen LogP contribution in [0.15, 0.2) is 0 Å². The van der Waals surface area contributed by atoms with E-state index in [2.05, 4.69) is 16.6 Å². The van der Waals surface area contributed by atoms with Gasteiger partial charge >= 0.3 is 11.8 Å². The zero-order valence-electron chi connectivity index (χ0n) is 6.96. The molecule has 0 aromatic carbocycles. The molecule has 0 atom stereocenters. The van der Waals surface area contributed by atoms with Crippen LogP contribution in [0, 0.1) is 23.7 Å². The van der Waals surface area contributed by atoms with Crippen LogP contribution in [0.2, 0.25) is 0 Å². The van der Waals surface area contributed by atoms with Crippen molar-refractivity contribution in [3.05, 3.63) is 0 Å². The third-order valence-corrected chi connectivity index (χ3v) is 1.09. The first-order chi connectivity index (χ1) is 6.22. The van der Waals surface area contributed by atoms with E-state index in [9.17, 15) is 9.59 Å². The predicted octanol–water partition coefficient (Wildman–Crippen LogP) is -1.23. The summed E-state index contributed by atoms with van der Waals surface area (Å²) in [4.78, 5) is 21.6. The van der Waals surface area contributed by atoms with E-state index >= 15 is 0 Å². The molecule has 0 unspecified atom stereocenters. The van der Waals surface area contributed by atoms with Crippen LogP contribution in [-0.4, -0.2) is 24.9 Å². The molecule has 5 heteroatoms. The van der Waals surface area contributed by atoms with Gasteiger partial charge < -0.3 is 10.6 Å². The molecule has 5 nitrogen and oxygen atoms in total. The van der Waals surface area contributed by atoms with Crippen molar-refractivity contribution in [2.45, 2.75) is 6.42 Å². The average Bonchev–Trinajstić information content (AvgIpc) is 2.14. The van der Waals surface area contributed by atoms with Crippen LogP contribution in [0.3, 0.4) is 0 Å². The normalized spacial score (nSPS) is 7.85. The molecular formula is C8H9N3O2. The minimum atomic E-state index is -0.821. The van der Waals surface area contributed by atoms with E-state index in [-0.39, 0.29) is 13.1 Å². The van der Waals surface area contributed by atoms with Gasteiger partial charge in [-0.3, -0.25) is 9.59 Å². The molecule has 0 rings (SSSR count). The monoisotopic (exact) mass is 179 g/mol. The Morgan fingerprint density at radius 1 is 1.31 bits per heavy atom. The number of nitrogens with one attached hydrogen (secondary N) is 2. The minimum absolute atomic E-state index is 0.179. The molecular weight excluding hydrogens is 170 g/mol. The van der Waals surface area contributed by atoms with Crippen LogP contribution in [-0.2, 0) is 9.59 Å². The Bertz CT molecular complexity index is 272. The number of terminal acetylenes is 1. The van der Waals surface area contributed by atoms with Gasteiger partial charge in [0.2, 0.25) is 0 Å². The molecule has 0 heterocycles. The van der Waals surface area contributed by atoms with Gasteiger partial charge in [-0.05, 0) is 0 Å². The van der Waals surface area contributed by atoms with Crippen molar-refractivity contribution in [2.24, 2.45) is 0 Å². The van der Waals surface area contributed by atoms with Crippen molar-refractivity contribution in [1.29, 1.82) is 5.26 Å². The Labute approximate surface area is 76.1 Å². The maximum absolute atomic E-state index is 10.8. The average molecular weight is 179 g/mol. The van der Waals surface area contributed by atoms with Crippen molar-refractivity contribution >= 4 is 11.8 Å². The van der Waals surface area contributed by atoms with Crippen molar-refractivity contribution in [1.82, 2.24) is 10.6 Å². The number of nitriles is 1. The summed E-state index contributed by atoms with van der Waals surface area (Å²) >= 11 is 0. The Kier molecular flexibility index (Phi) is 5.65. The van der Waals surface area contributed by atoms with E-state index in [1.54, 1.807) is 6.07 Å². The van der Waals surface area contributed by atoms with Crippen LogP contribution in [0.5, 0.6) is 0 Å². The molecule has 0 saturated carbocycles. The summed E-state index contributed by atoms with van der Waals surface area (Å²) in [6.07, 6.45) is 5.30. The Hall–Kier alpha value is -2.01. The van der Waals surface area contributed by atoms with E-state index in [1.165, 1.54) is 0 Å². The standard InChI is InChI=1S/C8H9N3O2/c1-2-3-5-10-7(12)8(13)11-6-4-9/h1H,3,5-6H2,(H,10,12)(H,11,13). The van der Waals surface area contributed by atoms with Crippen LogP contribution in [0.1, 0.15) is 6.42 Å². The number of rotatable bonds is 3. The lowest BCUT2D eigenvalue weighted by Crippen LogP contribution is -2.40. The van der Waals surface area contributed by atoms with Crippen molar-refractivity contribution in [3.8, 4) is 18.4 Å². The molecule has 0 aromatic rings. The summed E-state index contributed by atoms with van der Waals surface area (Å²) in [6, 6.07) is 1.68. The summed E-state index contributed by atoms with van der Waals surface area (Å²) in [6.45, 7) is 0.0801. The molecule has 0 aromatic heterocycles. The Morgan fingerprint density at radius 3 is 2.46 bits per heavy atom. The second kappa shape index (κ2) is 6.68. The number of nitrogens with zero attached hydrogens (tertiary/aromatic N) is 1. The molecule has 2 amide bonds. The Morgan fingerprint density at radius 2 is 1.92 bits per heavy atom. The SMILES string of the molecule is C#CCCNC(=O)C(=O)NCC#N. The fourth-order valence-electron chi connectivity index (χ4n) is 0.529. The van der Waals surface area contributed by atoms with Gasteiger partial charge in [0.05, 0.1) is 6.07 Å². The van der Waals surface area contributed by atoms with Crippen LogP contribution in [0.4, 0.5) is 0 Å². The van der Waals surface area contributed by atoms with E-state index in [0.717, 1.165) is 0 Å². The van der Waals surface area contributed by atoms with Gasteiger partial charge in [0.15, 0.2) is 0 Å². The van der Waals surface area contributed by atoms with Crippen LogP contribution in [0.25, 0.3) is 0 Å². The summed E-state index contributed by atoms with van der Waals surface area (Å²) < 4.78 is 0. The summed E-state index contributed by atoms with van der Waals surface area (Å²) in [5.41, 5.74) is 0. The quantitative estimate of drug-likeness (QED) is 0.246. The lowest BCUT2D eigenvalue weighted by molar-refractivity contribution is -0.139. The van der Waals surface area contributed by atoms with Gasteiger partial charge in [-0.2, -0.15) is 5.26 Å². The molecule has 0 aliphatic rings. The highest BCUT2D eigenvalue weighted by Gasteiger charge is 2.10. The van der Waals surface area contributed by atoms with E-state index in [1.807, 2.05) is 0 Å². The number of hydrogen-bond donors (Lipinski definition) is 2. The third kappa shape index (κ3) is 5.28. The second-order valence-electron chi connectivity index (χ2n) is 2.05. The van der Waals surface area contributed by atoms with Crippen molar-refractivity contribution < 1.29 is 9.59 Å². The second-order valence-corrected chi connectivity index (χ2v) is 2.05. The summed E-state index contributed by atoms with van der Waals surface area (Å²) in [5, 5.41) is 12.5. The molecule has 0 fully saturated rings. The topological polar surface area (TPSA) is 82.0 Å². The van der Waals surface area contributed by atoms with Crippen molar-refractivity contribution in [2.75, 3.05) is 13.1 Å². The molecule has 0 saturated heterocycles. The minimum Gasteiger partial charge on any atom is -0.347 e. The Balaban J connectivity index is 3.66. The zero-order valence-corrected chi connectivity index (χ0v) is 6.96. The lowest BCUT2D eigenvalue weighted by atomic mass is 10.4. The molecule has 0 aliphatic heterocycles. The van der Waals surface area contributed by atoms with Gasteiger partial charge in [0.25, 0.3) is 0 Å². The first kappa shape index (κ1) is 11.0. The predicted molar refractivity (Wildman–Crippen MR) is 45.1 cm³/mol. The lowest BCUT2D eigenvalue weighted by Gasteiger charge is -2.00. The van der Waals surface area contributed by atoms with Gasteiger partial charge in [-0.25, -0.2) is 0 Å². The molecule has 0 bridgehead atoms. The third-order valence-electron chi connectivity index (χ3n) is 1.09. The van der Waals surface area contributed by atoms with Gasteiger partial charge in [0, 0.05) is 13.0 Å². The smallest absolute Gasteiger partial charge is 0.310 e. The molecule has 0 aliphatic carbocycles. The fraction of sp³-hybridized carbons (Fsp3) is 0.375. The maximum atomic E-state index is 10.8. The van der Waals surface area contributed by atoms with Gasteiger partial charge in [0.1, 0.15) is 6.54 Å². The fourth-order valence-corrected chi connectivity index (χ4v) is 0.529. The summed E-state index contributed by atoms with van der Waals surface area (Å²) in [7, 11) is 0. The number of carbonyl (C=O) groups excluding carboxylic acids is 2. The molecule has 0 radical (unpaired) electrons. The largest absolute Gasteiger partial charge is 0.347 e. The van der Waals surface area contributed by atoms with Gasteiger partial charge in [-0.15, -0.1) is 12.3 Å². The summed E-state index contributed by atoms with van der Waals surface area (Å²) in [5.74, 6) is 0.713. The highest BCUT2D eigenvalue weighted by molar-refractivity contribution is 6.35. The van der Waals surface area contributed by atoms with E-state index in [0.29, 0.717) is 6.42 Å². The molecule has 13 heavy (non-hydrogen) atoms. The first-order valence-electron chi connectivity index (χ1n) is 3.58. The number of carbonyl (C=O) groups is 2. The highest BCUT2D eigenvalue weighted by Crippen LogP contribution is 1.72. The van der Waals surface area contributed by atoms with E-state index in [4.69, 9.17) is 11.7 Å². The van der Waals surface area contributed by atoms with E-state index < -0.39 is 11.8 Å². The maximum Gasteiger partial charge on any atom is 0.310 e. The van der Waals surface area contributed by atoms with Crippen LogP contribution < -0.4 is 10.6 Å². The zero-order chi connectivity index (χ0) is 10.1. The van der Waals surface area contributed by atoms with Crippen molar-refractivity contribution in [3.63, 3.8) is 0 Å². The number of amides is 2. The first-order valence-corrected chi connectivity index (χ1v) is 3.58. The molecule has 2 N–H and O–H groups in total. The van der Waals surface area contributed by atoms with Gasteiger partial charge in [-0.1, -0.05) is 0 Å². The molecule has 68 valence electrons. The van der Waals surface area contributed by atoms with Crippen LogP contribution >= 0.6 is 0 Å². The molecule has 0 spiro atoms. The number of hydrogen-bond acceptors (Lipinski definition) is 3. The highest BCUT2D eigenvalue weighted by atomic mass is 16.2.